The van der Waals surface area contributed by atoms with Crippen molar-refractivity contribution in [3.63, 3.8) is 0 Å². The van der Waals surface area contributed by atoms with Crippen molar-refractivity contribution >= 4 is 35.1 Å². The number of carbonyl (C=O) groups is 1. The molecule has 2 aromatic carbocycles. The summed E-state index contributed by atoms with van der Waals surface area (Å²) in [6, 6.07) is 20.0. The molecule has 2 heterocycles. The van der Waals surface area contributed by atoms with Gasteiger partial charge in [-0.3, -0.25) is 14.3 Å². The number of amides is 1. The van der Waals surface area contributed by atoms with Crippen LogP contribution in [-0.4, -0.2) is 37.2 Å². The topological polar surface area (TPSA) is 72.7 Å². The third-order valence-corrected chi connectivity index (χ3v) is 6.22. The minimum absolute atomic E-state index is 0.122. The van der Waals surface area contributed by atoms with Crippen LogP contribution in [0, 0.1) is 0 Å². The predicted octanol–water partition coefficient (Wildman–Crippen LogP) is 5.43. The van der Waals surface area contributed by atoms with Crippen molar-refractivity contribution in [3.05, 3.63) is 84.7 Å². The summed E-state index contributed by atoms with van der Waals surface area (Å²) in [5.74, 6) is -1.89. The number of alkyl halides is 2. The second-order valence-electron chi connectivity index (χ2n) is 6.85. The van der Waals surface area contributed by atoms with Crippen LogP contribution in [0.25, 0.3) is 11.4 Å². The number of aromatic nitrogens is 4. The fourth-order valence-electron chi connectivity index (χ4n) is 3.07. The van der Waals surface area contributed by atoms with Gasteiger partial charge in [0.2, 0.25) is 5.91 Å². The van der Waals surface area contributed by atoms with E-state index in [-0.39, 0.29) is 11.7 Å². The number of nitrogens with zero attached hydrogens (tertiary/aromatic N) is 4. The molecule has 0 unspecified atom stereocenters. The average molecular weight is 484 g/mol. The van der Waals surface area contributed by atoms with E-state index in [2.05, 4.69) is 20.5 Å². The van der Waals surface area contributed by atoms with Gasteiger partial charge in [0.15, 0.2) is 11.0 Å². The van der Waals surface area contributed by atoms with Crippen molar-refractivity contribution in [1.29, 1.82) is 0 Å². The van der Waals surface area contributed by atoms with E-state index < -0.39 is 5.76 Å². The second-order valence-corrected chi connectivity index (χ2v) is 8.86. The normalized spacial score (nSPS) is 11.0. The molecule has 33 heavy (non-hydrogen) atoms. The Morgan fingerprint density at radius 3 is 2.39 bits per heavy atom. The first-order chi connectivity index (χ1) is 16.1. The molecule has 1 N–H and O–H groups in total. The van der Waals surface area contributed by atoms with Crippen LogP contribution < -0.4 is 5.32 Å². The molecule has 0 fully saturated rings. The summed E-state index contributed by atoms with van der Waals surface area (Å²) >= 11 is 1.74. The Bertz CT molecular complexity index is 1190. The third kappa shape index (κ3) is 6.39. The van der Waals surface area contributed by atoms with Crippen LogP contribution in [0.2, 0.25) is 0 Å². The highest BCUT2D eigenvalue weighted by molar-refractivity contribution is 8.00. The number of nitrogens with one attached hydrogen (secondary N) is 1. The Morgan fingerprint density at radius 1 is 0.970 bits per heavy atom. The number of carbonyl (C=O) groups excluding carboxylic acids is 1. The van der Waals surface area contributed by atoms with E-state index in [4.69, 9.17) is 0 Å². The number of benzene rings is 2. The predicted molar refractivity (Wildman–Crippen MR) is 126 cm³/mol. The zero-order valence-corrected chi connectivity index (χ0v) is 18.9. The molecular formula is C23H19F2N5OS2. The minimum atomic E-state index is -2.48. The Labute approximate surface area is 197 Å². The van der Waals surface area contributed by atoms with Crippen LogP contribution in [-0.2, 0) is 11.3 Å². The average Bonchev–Trinajstić information content (AvgIpc) is 3.22. The van der Waals surface area contributed by atoms with Crippen LogP contribution >= 0.6 is 23.5 Å². The Morgan fingerprint density at radius 2 is 1.70 bits per heavy atom. The lowest BCUT2D eigenvalue weighted by Gasteiger charge is -2.11. The van der Waals surface area contributed by atoms with Gasteiger partial charge in [-0.15, -0.1) is 10.2 Å². The number of hydrogen-bond donors (Lipinski definition) is 1. The maximum Gasteiger partial charge on any atom is 0.288 e. The zero-order chi connectivity index (χ0) is 23.0. The highest BCUT2D eigenvalue weighted by Crippen LogP contribution is 2.27. The highest BCUT2D eigenvalue weighted by Gasteiger charge is 2.16. The first kappa shape index (κ1) is 22.9. The summed E-state index contributed by atoms with van der Waals surface area (Å²) in [7, 11) is 0. The lowest BCUT2D eigenvalue weighted by molar-refractivity contribution is -0.113. The van der Waals surface area contributed by atoms with E-state index in [1.165, 1.54) is 11.8 Å². The molecule has 0 radical (unpaired) electrons. The van der Waals surface area contributed by atoms with Crippen LogP contribution in [0.1, 0.15) is 5.56 Å². The summed E-state index contributed by atoms with van der Waals surface area (Å²) in [6.07, 6.45) is 3.39. The molecule has 0 aliphatic carbocycles. The highest BCUT2D eigenvalue weighted by atomic mass is 32.2. The summed E-state index contributed by atoms with van der Waals surface area (Å²) in [5.41, 5.74) is 2.51. The van der Waals surface area contributed by atoms with Crippen molar-refractivity contribution in [3.8, 4) is 11.4 Å². The van der Waals surface area contributed by atoms with Crippen LogP contribution in [0.5, 0.6) is 0 Å². The number of hydrogen-bond acceptors (Lipinski definition) is 6. The third-order valence-electron chi connectivity index (χ3n) is 4.53. The first-order valence-electron chi connectivity index (χ1n) is 9.93. The molecule has 0 atom stereocenters. The molecule has 0 bridgehead atoms. The van der Waals surface area contributed by atoms with E-state index in [1.54, 1.807) is 36.7 Å². The van der Waals surface area contributed by atoms with E-state index in [1.807, 2.05) is 47.0 Å². The number of thioether (sulfide) groups is 2. The zero-order valence-electron chi connectivity index (χ0n) is 17.3. The minimum Gasteiger partial charge on any atom is -0.325 e. The van der Waals surface area contributed by atoms with Gasteiger partial charge in [-0.1, -0.05) is 53.9 Å². The van der Waals surface area contributed by atoms with Crippen molar-refractivity contribution in [2.24, 2.45) is 0 Å². The Kier molecular flexibility index (Phi) is 7.69. The standard InChI is InChI=1S/C23H19F2N5OS2/c24-22(25)33-19-8-6-18(7-9-19)27-20(31)15-32-23-29-28-21(17-10-12-26-13-11-17)30(23)14-16-4-2-1-3-5-16/h1-13,22H,14-15H2,(H,27,31). The van der Waals surface area contributed by atoms with Gasteiger partial charge in [-0.25, -0.2) is 0 Å². The van der Waals surface area contributed by atoms with E-state index in [9.17, 15) is 13.6 Å². The fraction of sp³-hybridized carbons (Fsp3) is 0.130. The number of rotatable bonds is 9. The second kappa shape index (κ2) is 11.1. The van der Waals surface area contributed by atoms with Gasteiger partial charge < -0.3 is 5.32 Å². The largest absolute Gasteiger partial charge is 0.325 e. The lowest BCUT2D eigenvalue weighted by Crippen LogP contribution is -2.14. The molecule has 4 aromatic rings. The summed E-state index contributed by atoms with van der Waals surface area (Å²) in [6.45, 7) is 0.554. The van der Waals surface area contributed by atoms with Gasteiger partial charge in [-0.2, -0.15) is 8.78 Å². The SMILES string of the molecule is O=C(CSc1nnc(-c2ccncc2)n1Cc1ccccc1)Nc1ccc(SC(F)F)cc1. The van der Waals surface area contributed by atoms with Gasteiger partial charge in [-0.05, 0) is 42.0 Å². The van der Waals surface area contributed by atoms with Crippen molar-refractivity contribution in [2.75, 3.05) is 11.1 Å². The van der Waals surface area contributed by atoms with E-state index >= 15 is 0 Å². The Hall–Kier alpha value is -3.24. The van der Waals surface area contributed by atoms with E-state index in [0.29, 0.717) is 39.9 Å². The molecular weight excluding hydrogens is 464 g/mol. The van der Waals surface area contributed by atoms with Gasteiger partial charge in [0.25, 0.3) is 5.76 Å². The molecule has 10 heteroatoms. The molecule has 6 nitrogen and oxygen atoms in total. The molecule has 2 aromatic heterocycles. The smallest absolute Gasteiger partial charge is 0.288 e. The maximum atomic E-state index is 12.5. The van der Waals surface area contributed by atoms with Crippen LogP contribution in [0.15, 0.2) is 89.2 Å². The molecule has 0 spiro atoms. The summed E-state index contributed by atoms with van der Waals surface area (Å²) in [5, 5.41) is 12.0. The Balaban J connectivity index is 1.46. The quantitative estimate of drug-likeness (QED) is 0.320. The van der Waals surface area contributed by atoms with Crippen molar-refractivity contribution < 1.29 is 13.6 Å². The van der Waals surface area contributed by atoms with Crippen molar-refractivity contribution in [2.45, 2.75) is 22.4 Å². The molecule has 0 saturated carbocycles. The monoisotopic (exact) mass is 483 g/mol. The molecule has 0 aliphatic heterocycles. The van der Waals surface area contributed by atoms with Crippen LogP contribution in [0.3, 0.4) is 0 Å². The molecule has 168 valence electrons. The molecule has 4 rings (SSSR count). The molecule has 0 saturated heterocycles. The van der Waals surface area contributed by atoms with Crippen LogP contribution in [0.4, 0.5) is 14.5 Å². The number of halogens is 2. The summed E-state index contributed by atoms with van der Waals surface area (Å²) in [4.78, 5) is 17.0. The first-order valence-corrected chi connectivity index (χ1v) is 11.8. The fourth-order valence-corrected chi connectivity index (χ4v) is 4.30. The number of pyridine rings is 1. The van der Waals surface area contributed by atoms with Gasteiger partial charge in [0, 0.05) is 28.5 Å². The van der Waals surface area contributed by atoms with Gasteiger partial charge in [0.05, 0.1) is 12.3 Å². The molecule has 0 aliphatic rings. The maximum absolute atomic E-state index is 12.5. The van der Waals surface area contributed by atoms with Crippen molar-refractivity contribution in [1.82, 2.24) is 19.7 Å². The van der Waals surface area contributed by atoms with E-state index in [0.717, 1.165) is 11.1 Å². The molecule has 1 amide bonds. The van der Waals surface area contributed by atoms with Gasteiger partial charge in [0.1, 0.15) is 0 Å². The van der Waals surface area contributed by atoms with Gasteiger partial charge >= 0.3 is 0 Å². The number of anilines is 1. The summed E-state index contributed by atoms with van der Waals surface area (Å²) < 4.78 is 26.9. The lowest BCUT2D eigenvalue weighted by atomic mass is 10.2.